The quantitative estimate of drug-likeness (QED) is 0.276. The second-order valence-electron chi connectivity index (χ2n) is 7.87. The molecule has 0 unspecified atom stereocenters. The smallest absolute Gasteiger partial charge is 0.319 e. The van der Waals surface area contributed by atoms with Gasteiger partial charge in [0.1, 0.15) is 6.26 Å². The van der Waals surface area contributed by atoms with E-state index in [0.717, 1.165) is 62.2 Å². The first-order valence-corrected chi connectivity index (χ1v) is 10.8. The Morgan fingerprint density at radius 3 is 2.47 bits per heavy atom. The second kappa shape index (κ2) is 13.3. The number of hydrogen-bond acceptors (Lipinski definition) is 5. The Labute approximate surface area is 207 Å². The van der Waals surface area contributed by atoms with Crippen molar-refractivity contribution in [1.29, 1.82) is 0 Å². The van der Waals surface area contributed by atoms with Crippen LogP contribution in [0.1, 0.15) is 32.0 Å². The Hall–Kier alpha value is -2.34. The molecule has 9 nitrogen and oxygen atoms in total. The number of anilines is 1. The third-order valence-corrected chi connectivity index (χ3v) is 4.93. The number of rotatable bonds is 7. The maximum absolute atomic E-state index is 11.8. The third-order valence-electron chi connectivity index (χ3n) is 4.93. The van der Waals surface area contributed by atoms with Gasteiger partial charge in [0.05, 0.1) is 12.2 Å². The van der Waals surface area contributed by atoms with Gasteiger partial charge in [-0.2, -0.15) is 0 Å². The number of guanidine groups is 1. The molecule has 32 heavy (non-hydrogen) atoms. The molecular formula is C22H34IN7O2. The average Bonchev–Trinajstić information content (AvgIpc) is 3.25. The lowest BCUT2D eigenvalue weighted by Crippen LogP contribution is -2.52. The summed E-state index contributed by atoms with van der Waals surface area (Å²) in [6, 6.07) is 9.61. The summed E-state index contributed by atoms with van der Waals surface area (Å²) in [6.45, 7) is 11.9. The van der Waals surface area contributed by atoms with Gasteiger partial charge in [0.2, 0.25) is 0 Å². The molecule has 3 rings (SSSR count). The van der Waals surface area contributed by atoms with Gasteiger partial charge in [0.15, 0.2) is 5.96 Å². The molecule has 1 aromatic heterocycles. The molecule has 2 aromatic rings. The van der Waals surface area contributed by atoms with E-state index in [9.17, 15) is 4.79 Å². The van der Waals surface area contributed by atoms with E-state index in [-0.39, 0.29) is 36.0 Å². The number of aliphatic imine (C=N–C) groups is 1. The fourth-order valence-corrected chi connectivity index (χ4v) is 3.38. The minimum absolute atomic E-state index is 0. The van der Waals surface area contributed by atoms with E-state index >= 15 is 0 Å². The molecule has 0 aliphatic carbocycles. The topological polar surface area (TPSA) is 98.0 Å². The molecule has 0 spiro atoms. The van der Waals surface area contributed by atoms with Crippen LogP contribution in [-0.4, -0.2) is 65.7 Å². The monoisotopic (exact) mass is 555 g/mol. The molecule has 3 N–H and O–H groups in total. The summed E-state index contributed by atoms with van der Waals surface area (Å²) < 4.78 is 4.92. The Morgan fingerprint density at radius 2 is 1.88 bits per heavy atom. The molecule has 176 valence electrons. The molecule has 0 atom stereocenters. The zero-order valence-electron chi connectivity index (χ0n) is 19.0. The van der Waals surface area contributed by atoms with Crippen molar-refractivity contribution in [3.8, 4) is 0 Å². The summed E-state index contributed by atoms with van der Waals surface area (Å²) in [5.74, 6) is 0.932. The van der Waals surface area contributed by atoms with Gasteiger partial charge in [-0.25, -0.2) is 9.79 Å². The second-order valence-corrected chi connectivity index (χ2v) is 7.87. The lowest BCUT2D eigenvalue weighted by molar-refractivity contribution is 0.169. The Morgan fingerprint density at radius 1 is 1.16 bits per heavy atom. The van der Waals surface area contributed by atoms with Crippen LogP contribution in [0.3, 0.4) is 0 Å². The number of hydrogen-bond donors (Lipinski definition) is 3. The van der Waals surface area contributed by atoms with Crippen LogP contribution in [0, 0.1) is 0 Å². The highest BCUT2D eigenvalue weighted by molar-refractivity contribution is 14.0. The first-order valence-electron chi connectivity index (χ1n) is 10.8. The summed E-state index contributed by atoms with van der Waals surface area (Å²) in [7, 11) is 0. The summed E-state index contributed by atoms with van der Waals surface area (Å²) in [5, 5.41) is 13.1. The fourth-order valence-electron chi connectivity index (χ4n) is 3.38. The van der Waals surface area contributed by atoms with Gasteiger partial charge in [-0.05, 0) is 38.5 Å². The van der Waals surface area contributed by atoms with Gasteiger partial charge in [-0.15, -0.1) is 24.0 Å². The lowest BCUT2D eigenvalue weighted by atomic mass is 10.2. The molecule has 0 radical (unpaired) electrons. The van der Waals surface area contributed by atoms with E-state index in [4.69, 9.17) is 9.52 Å². The maximum Gasteiger partial charge on any atom is 0.319 e. The van der Waals surface area contributed by atoms with Crippen LogP contribution in [0.5, 0.6) is 0 Å². The van der Waals surface area contributed by atoms with Gasteiger partial charge < -0.3 is 25.4 Å². The predicted molar refractivity (Wildman–Crippen MR) is 137 cm³/mol. The van der Waals surface area contributed by atoms with Crippen LogP contribution in [0.4, 0.5) is 10.5 Å². The predicted octanol–water partition coefficient (Wildman–Crippen LogP) is 3.11. The van der Waals surface area contributed by atoms with Crippen molar-refractivity contribution in [2.24, 2.45) is 4.99 Å². The number of carbonyl (C=O) groups excluding carboxylic acids is 1. The van der Waals surface area contributed by atoms with Crippen molar-refractivity contribution in [3.05, 3.63) is 47.9 Å². The van der Waals surface area contributed by atoms with Crippen molar-refractivity contribution in [2.45, 2.75) is 39.9 Å². The SMILES string of the molecule is CCNC(=NCc1ccc(NC(=O)NC(C)C)cc1)N1CCN(Cc2ccon2)CC1.I. The largest absolute Gasteiger partial charge is 0.364 e. The van der Waals surface area contributed by atoms with Crippen LogP contribution < -0.4 is 16.0 Å². The van der Waals surface area contributed by atoms with Gasteiger partial charge in [-0.3, -0.25) is 4.90 Å². The van der Waals surface area contributed by atoms with Crippen molar-refractivity contribution >= 4 is 41.7 Å². The molecule has 1 aromatic carbocycles. The molecule has 0 saturated carbocycles. The van der Waals surface area contributed by atoms with Crippen LogP contribution in [0.15, 0.2) is 46.1 Å². The number of urea groups is 1. The lowest BCUT2D eigenvalue weighted by Gasteiger charge is -2.36. The first-order chi connectivity index (χ1) is 15.0. The molecule has 1 aliphatic rings. The van der Waals surface area contributed by atoms with Crippen LogP contribution in [0.2, 0.25) is 0 Å². The highest BCUT2D eigenvalue weighted by Crippen LogP contribution is 2.12. The first kappa shape index (κ1) is 25.9. The molecule has 1 aliphatic heterocycles. The maximum atomic E-state index is 11.8. The van der Waals surface area contributed by atoms with Gasteiger partial charge in [0.25, 0.3) is 0 Å². The van der Waals surface area contributed by atoms with Crippen LogP contribution in [0.25, 0.3) is 0 Å². The van der Waals surface area contributed by atoms with Crippen molar-refractivity contribution in [2.75, 3.05) is 38.0 Å². The summed E-state index contributed by atoms with van der Waals surface area (Å²) in [4.78, 5) is 21.3. The average molecular weight is 555 g/mol. The zero-order chi connectivity index (χ0) is 22.1. The molecule has 0 bridgehead atoms. The number of halogens is 1. The minimum atomic E-state index is -0.196. The summed E-state index contributed by atoms with van der Waals surface area (Å²) >= 11 is 0. The third kappa shape index (κ3) is 8.30. The van der Waals surface area contributed by atoms with E-state index in [2.05, 4.69) is 37.8 Å². The Kier molecular flexibility index (Phi) is 10.7. The van der Waals surface area contributed by atoms with E-state index in [1.807, 2.05) is 44.2 Å². The summed E-state index contributed by atoms with van der Waals surface area (Å²) in [6.07, 6.45) is 1.62. The standard InChI is InChI=1S/C22H33N7O2.HI/c1-4-23-21(29-12-10-28(11-13-29)16-20-9-14-31-27-20)24-15-18-5-7-19(8-6-18)26-22(30)25-17(2)3;/h5-9,14,17H,4,10-13,15-16H2,1-3H3,(H,23,24)(H2,25,26,30);1H. The van der Waals surface area contributed by atoms with E-state index < -0.39 is 0 Å². The Balaban J connectivity index is 0.00000363. The molecule has 1 saturated heterocycles. The highest BCUT2D eigenvalue weighted by atomic mass is 127. The zero-order valence-corrected chi connectivity index (χ0v) is 21.3. The number of piperazine rings is 1. The number of benzene rings is 1. The van der Waals surface area contributed by atoms with Gasteiger partial charge >= 0.3 is 6.03 Å². The Bertz CT molecular complexity index is 832. The highest BCUT2D eigenvalue weighted by Gasteiger charge is 2.20. The molecular weight excluding hydrogens is 521 g/mol. The summed E-state index contributed by atoms with van der Waals surface area (Å²) in [5.41, 5.74) is 2.82. The van der Waals surface area contributed by atoms with Gasteiger partial charge in [-0.1, -0.05) is 17.3 Å². The number of aromatic nitrogens is 1. The van der Waals surface area contributed by atoms with Crippen LogP contribution >= 0.6 is 24.0 Å². The fraction of sp³-hybridized carbons (Fsp3) is 0.500. The number of carbonyl (C=O) groups is 1. The van der Waals surface area contributed by atoms with E-state index in [0.29, 0.717) is 6.54 Å². The molecule has 1 fully saturated rings. The minimum Gasteiger partial charge on any atom is -0.364 e. The van der Waals surface area contributed by atoms with E-state index in [1.165, 1.54) is 0 Å². The van der Waals surface area contributed by atoms with Gasteiger partial charge in [0, 0.05) is 57.1 Å². The van der Waals surface area contributed by atoms with Crippen LogP contribution in [-0.2, 0) is 13.1 Å². The number of nitrogens with zero attached hydrogens (tertiary/aromatic N) is 4. The number of amides is 2. The molecule has 10 heteroatoms. The van der Waals surface area contributed by atoms with Crippen molar-refractivity contribution in [3.63, 3.8) is 0 Å². The van der Waals surface area contributed by atoms with Crippen molar-refractivity contribution < 1.29 is 9.32 Å². The normalized spacial score (nSPS) is 14.8. The van der Waals surface area contributed by atoms with E-state index in [1.54, 1.807) is 6.26 Å². The number of nitrogens with one attached hydrogen (secondary N) is 3. The molecule has 2 heterocycles. The van der Waals surface area contributed by atoms with Crippen molar-refractivity contribution in [1.82, 2.24) is 25.6 Å². The molecule has 2 amide bonds.